The van der Waals surface area contributed by atoms with Crippen molar-refractivity contribution in [2.75, 3.05) is 0 Å². The summed E-state index contributed by atoms with van der Waals surface area (Å²) in [5.41, 5.74) is 6.85. The van der Waals surface area contributed by atoms with Crippen molar-refractivity contribution >= 4 is 11.3 Å². The fourth-order valence-electron chi connectivity index (χ4n) is 2.49. The van der Waals surface area contributed by atoms with Crippen LogP contribution in [0.1, 0.15) is 40.5 Å². The van der Waals surface area contributed by atoms with Crippen molar-refractivity contribution in [1.29, 1.82) is 0 Å². The van der Waals surface area contributed by atoms with Gasteiger partial charge >= 0.3 is 0 Å². The average Bonchev–Trinajstić information content (AvgIpc) is 2.86. The third-order valence-corrected chi connectivity index (χ3v) is 4.28. The Balaban J connectivity index is 1.95. The van der Waals surface area contributed by atoms with Crippen LogP contribution in [0.2, 0.25) is 0 Å². The van der Waals surface area contributed by atoms with E-state index in [1.807, 2.05) is 11.3 Å². The molecule has 0 aliphatic rings. The lowest BCUT2D eigenvalue weighted by molar-refractivity contribution is 0.499. The average molecular weight is 274 g/mol. The number of thiophene rings is 1. The molecule has 0 aliphatic heterocycles. The fraction of sp³-hybridized carbons (Fsp3) is 0.375. The molecule has 1 heterocycles. The molecule has 19 heavy (non-hydrogen) atoms. The van der Waals surface area contributed by atoms with Crippen molar-refractivity contribution < 1.29 is 0 Å². The minimum absolute atomic E-state index is 0.249. The first-order valence-corrected chi connectivity index (χ1v) is 7.63. The van der Waals surface area contributed by atoms with Gasteiger partial charge in [0.15, 0.2) is 0 Å². The molecule has 0 amide bonds. The zero-order valence-electron chi connectivity index (χ0n) is 11.6. The summed E-state index contributed by atoms with van der Waals surface area (Å²) in [6.07, 6.45) is 3.36. The van der Waals surface area contributed by atoms with Gasteiger partial charge in [0, 0.05) is 10.9 Å². The summed E-state index contributed by atoms with van der Waals surface area (Å²) in [7, 11) is 0. The van der Waals surface area contributed by atoms with Gasteiger partial charge in [0.25, 0.3) is 0 Å². The molecule has 1 atom stereocenters. The predicted octanol–water partition coefficient (Wildman–Crippen LogP) is 3.89. The molecule has 2 aromatic rings. The molecule has 0 spiro atoms. The van der Waals surface area contributed by atoms with Gasteiger partial charge < -0.3 is 0 Å². The van der Waals surface area contributed by atoms with E-state index in [1.165, 1.54) is 21.6 Å². The Labute approximate surface area is 119 Å². The zero-order chi connectivity index (χ0) is 13.7. The highest BCUT2D eigenvalue weighted by Crippen LogP contribution is 2.22. The highest BCUT2D eigenvalue weighted by atomic mass is 32.1. The van der Waals surface area contributed by atoms with Gasteiger partial charge in [-0.3, -0.25) is 11.3 Å². The van der Waals surface area contributed by atoms with Crippen molar-refractivity contribution in [3.05, 3.63) is 57.3 Å². The number of rotatable bonds is 6. The SMILES string of the molecule is Cc1cc(C)cc(C(CCCc2cccs2)NN)c1. The van der Waals surface area contributed by atoms with Crippen LogP contribution in [0, 0.1) is 13.8 Å². The molecule has 2 nitrogen and oxygen atoms in total. The molecule has 0 saturated carbocycles. The summed E-state index contributed by atoms with van der Waals surface area (Å²) in [4.78, 5) is 1.45. The fourth-order valence-corrected chi connectivity index (χ4v) is 3.24. The molecular formula is C16H22N2S. The summed E-state index contributed by atoms with van der Waals surface area (Å²) in [5, 5.41) is 2.14. The van der Waals surface area contributed by atoms with Gasteiger partial charge in [0.2, 0.25) is 0 Å². The van der Waals surface area contributed by atoms with Gasteiger partial charge in [-0.25, -0.2) is 0 Å². The first-order valence-electron chi connectivity index (χ1n) is 6.76. The molecule has 0 fully saturated rings. The first kappa shape index (κ1) is 14.3. The van der Waals surface area contributed by atoms with Gasteiger partial charge in [0.1, 0.15) is 0 Å². The van der Waals surface area contributed by atoms with Crippen LogP contribution in [0.5, 0.6) is 0 Å². The summed E-state index contributed by atoms with van der Waals surface area (Å²) in [6, 6.07) is 11.2. The number of hydrogen-bond acceptors (Lipinski definition) is 3. The number of hydrogen-bond donors (Lipinski definition) is 2. The van der Waals surface area contributed by atoms with Crippen molar-refractivity contribution in [3.8, 4) is 0 Å². The van der Waals surface area contributed by atoms with Crippen LogP contribution in [0.15, 0.2) is 35.7 Å². The molecule has 3 N–H and O–H groups in total. The van der Waals surface area contributed by atoms with E-state index in [9.17, 15) is 0 Å². The second-order valence-corrected chi connectivity index (χ2v) is 6.14. The Morgan fingerprint density at radius 1 is 1.21 bits per heavy atom. The molecule has 0 saturated heterocycles. The van der Waals surface area contributed by atoms with E-state index in [0.717, 1.165) is 19.3 Å². The zero-order valence-corrected chi connectivity index (χ0v) is 12.5. The third kappa shape index (κ3) is 4.16. The molecule has 102 valence electrons. The second kappa shape index (κ2) is 6.85. The summed E-state index contributed by atoms with van der Waals surface area (Å²) < 4.78 is 0. The Morgan fingerprint density at radius 3 is 2.53 bits per heavy atom. The minimum Gasteiger partial charge on any atom is -0.271 e. The second-order valence-electron chi connectivity index (χ2n) is 5.11. The van der Waals surface area contributed by atoms with Crippen molar-refractivity contribution in [3.63, 3.8) is 0 Å². The van der Waals surface area contributed by atoms with Crippen LogP contribution in [-0.2, 0) is 6.42 Å². The van der Waals surface area contributed by atoms with E-state index in [-0.39, 0.29) is 6.04 Å². The number of hydrazine groups is 1. The van der Waals surface area contributed by atoms with Crippen LogP contribution in [0.25, 0.3) is 0 Å². The molecule has 1 aromatic carbocycles. The summed E-state index contributed by atoms with van der Waals surface area (Å²) >= 11 is 1.83. The maximum absolute atomic E-state index is 5.72. The van der Waals surface area contributed by atoms with Crippen molar-refractivity contribution in [2.24, 2.45) is 5.84 Å². The van der Waals surface area contributed by atoms with E-state index in [1.54, 1.807) is 0 Å². The molecule has 1 aromatic heterocycles. The highest BCUT2D eigenvalue weighted by molar-refractivity contribution is 7.09. The van der Waals surface area contributed by atoms with Gasteiger partial charge in [-0.15, -0.1) is 11.3 Å². The Kier molecular flexibility index (Phi) is 5.14. The van der Waals surface area contributed by atoms with Crippen LogP contribution in [0.4, 0.5) is 0 Å². The van der Waals surface area contributed by atoms with Crippen LogP contribution >= 0.6 is 11.3 Å². The standard InChI is InChI=1S/C16H22N2S/c1-12-9-13(2)11-14(10-12)16(18-17)7-3-5-15-6-4-8-19-15/h4,6,8-11,16,18H,3,5,7,17H2,1-2H3. The molecular weight excluding hydrogens is 252 g/mol. The Hall–Kier alpha value is -1.16. The lowest BCUT2D eigenvalue weighted by Crippen LogP contribution is -2.28. The van der Waals surface area contributed by atoms with Crippen molar-refractivity contribution in [1.82, 2.24) is 5.43 Å². The normalized spacial score (nSPS) is 12.6. The lowest BCUT2D eigenvalue weighted by atomic mass is 9.97. The van der Waals surface area contributed by atoms with E-state index in [2.05, 4.69) is 55.0 Å². The van der Waals surface area contributed by atoms with Crippen molar-refractivity contribution in [2.45, 2.75) is 39.2 Å². The summed E-state index contributed by atoms with van der Waals surface area (Å²) in [6.45, 7) is 4.27. The number of aryl methyl sites for hydroxylation is 3. The van der Waals surface area contributed by atoms with Crippen LogP contribution in [-0.4, -0.2) is 0 Å². The van der Waals surface area contributed by atoms with Gasteiger partial charge in [-0.2, -0.15) is 0 Å². The van der Waals surface area contributed by atoms with Gasteiger partial charge in [-0.1, -0.05) is 35.4 Å². The lowest BCUT2D eigenvalue weighted by Gasteiger charge is -2.17. The molecule has 0 bridgehead atoms. The van der Waals surface area contributed by atoms with Gasteiger partial charge in [-0.05, 0) is 50.1 Å². The molecule has 0 radical (unpaired) electrons. The maximum atomic E-state index is 5.72. The van der Waals surface area contributed by atoms with E-state index >= 15 is 0 Å². The van der Waals surface area contributed by atoms with E-state index < -0.39 is 0 Å². The number of benzene rings is 1. The van der Waals surface area contributed by atoms with Crippen LogP contribution in [0.3, 0.4) is 0 Å². The van der Waals surface area contributed by atoms with E-state index in [0.29, 0.717) is 0 Å². The largest absolute Gasteiger partial charge is 0.271 e. The maximum Gasteiger partial charge on any atom is 0.0460 e. The highest BCUT2D eigenvalue weighted by Gasteiger charge is 2.10. The predicted molar refractivity (Wildman–Crippen MR) is 83.2 cm³/mol. The first-order chi connectivity index (χ1) is 9.19. The Morgan fingerprint density at radius 2 is 1.95 bits per heavy atom. The molecule has 0 aliphatic carbocycles. The quantitative estimate of drug-likeness (QED) is 0.619. The number of nitrogens with two attached hydrogens (primary N) is 1. The number of nitrogens with one attached hydrogen (secondary N) is 1. The summed E-state index contributed by atoms with van der Waals surface area (Å²) in [5.74, 6) is 5.72. The molecule has 1 unspecified atom stereocenters. The smallest absolute Gasteiger partial charge is 0.0460 e. The monoisotopic (exact) mass is 274 g/mol. The third-order valence-electron chi connectivity index (χ3n) is 3.34. The molecule has 2 rings (SSSR count). The van der Waals surface area contributed by atoms with Gasteiger partial charge in [0.05, 0.1) is 0 Å². The van der Waals surface area contributed by atoms with Crippen LogP contribution < -0.4 is 11.3 Å². The topological polar surface area (TPSA) is 38.0 Å². The molecule has 3 heteroatoms. The minimum atomic E-state index is 0.249. The Bertz CT molecular complexity index is 485. The van der Waals surface area contributed by atoms with E-state index in [4.69, 9.17) is 5.84 Å².